The van der Waals surface area contributed by atoms with E-state index in [9.17, 15) is 0 Å². The summed E-state index contributed by atoms with van der Waals surface area (Å²) in [5.41, 5.74) is 0. The molecule has 0 N–H and O–H groups in total. The zero-order chi connectivity index (χ0) is 23.3. The number of ether oxygens (including phenoxy) is 2. The van der Waals surface area contributed by atoms with Crippen molar-refractivity contribution in [3.05, 3.63) is 0 Å². The van der Waals surface area contributed by atoms with Crippen LogP contribution in [0.1, 0.15) is 117 Å². The lowest BCUT2D eigenvalue weighted by Crippen LogP contribution is -2.56. The Hall–Kier alpha value is -0.160. The van der Waals surface area contributed by atoms with E-state index in [4.69, 9.17) is 9.47 Å². The van der Waals surface area contributed by atoms with E-state index in [2.05, 4.69) is 23.6 Å². The van der Waals surface area contributed by atoms with Crippen molar-refractivity contribution in [3.8, 4) is 0 Å². The second-order valence-corrected chi connectivity index (χ2v) is 12.9. The largest absolute Gasteiger partial charge is 0.359 e. The molecule has 0 aliphatic carbocycles. The first-order valence-corrected chi connectivity index (χ1v) is 15.5. The van der Waals surface area contributed by atoms with Gasteiger partial charge in [-0.2, -0.15) is 0 Å². The van der Waals surface area contributed by atoms with Gasteiger partial charge in [0, 0.05) is 26.2 Å². The topological polar surface area (TPSA) is 24.9 Å². The molecule has 0 amide bonds. The lowest BCUT2D eigenvalue weighted by molar-refractivity contribution is -0.202. The maximum Gasteiger partial charge on any atom is 0.113 e. The average molecular weight is 475 g/mol. The van der Waals surface area contributed by atoms with Crippen molar-refractivity contribution in [1.82, 2.24) is 9.80 Å². The molecule has 4 nitrogen and oxygen atoms in total. The molecule has 5 fully saturated rings. The number of rotatable bonds is 0. The summed E-state index contributed by atoms with van der Waals surface area (Å²) in [7, 11) is 0. The minimum Gasteiger partial charge on any atom is -0.359 e. The van der Waals surface area contributed by atoms with E-state index in [-0.39, 0.29) is 0 Å². The van der Waals surface area contributed by atoms with Gasteiger partial charge in [0.25, 0.3) is 0 Å². The van der Waals surface area contributed by atoms with Gasteiger partial charge in [-0.25, -0.2) is 0 Å². The minimum atomic E-state index is 0.420. The molecule has 5 rings (SSSR count). The second-order valence-electron chi connectivity index (χ2n) is 12.9. The first-order chi connectivity index (χ1) is 16.7. The van der Waals surface area contributed by atoms with E-state index in [0.29, 0.717) is 36.5 Å². The highest BCUT2D eigenvalue weighted by Crippen LogP contribution is 2.38. The van der Waals surface area contributed by atoms with Gasteiger partial charge in [0.05, 0.1) is 12.2 Å². The predicted octanol–water partition coefficient (Wildman–Crippen LogP) is 6.83. The summed E-state index contributed by atoms with van der Waals surface area (Å²) in [5.74, 6) is 2.93. The number of fused-ring (bicyclic) bond motifs is 2. The van der Waals surface area contributed by atoms with E-state index in [1.807, 2.05) is 0 Å². The zero-order valence-corrected chi connectivity index (χ0v) is 22.5. The highest BCUT2D eigenvalue weighted by Gasteiger charge is 2.41. The predicted molar refractivity (Wildman–Crippen MR) is 140 cm³/mol. The fourth-order valence-corrected chi connectivity index (χ4v) is 8.13. The summed E-state index contributed by atoms with van der Waals surface area (Å²) in [6, 6.07) is 0. The van der Waals surface area contributed by atoms with Crippen LogP contribution in [0.2, 0.25) is 0 Å². The molecule has 0 aromatic carbocycles. The maximum atomic E-state index is 6.87. The summed E-state index contributed by atoms with van der Waals surface area (Å²) in [6.45, 7) is 9.94. The van der Waals surface area contributed by atoms with Gasteiger partial charge in [0.1, 0.15) is 12.5 Å². The monoisotopic (exact) mass is 474 g/mol. The van der Waals surface area contributed by atoms with Crippen molar-refractivity contribution < 1.29 is 9.47 Å². The average Bonchev–Trinajstić information content (AvgIpc) is 2.83. The number of nitrogens with zero attached hydrogens (tertiary/aromatic N) is 2. The first kappa shape index (κ1) is 25.5. The Morgan fingerprint density at radius 1 is 0.471 bits per heavy atom. The van der Waals surface area contributed by atoms with Gasteiger partial charge in [-0.15, -0.1) is 0 Å². The molecule has 4 bridgehead atoms. The number of hydrogen-bond donors (Lipinski definition) is 0. The standard InChI is InChI=1S/C30H54N2O2/c1-23-21-31-19-11-15-25-13-8-4-6-10-18-28-24(2)22-32-20-12-16-26(30(32)34-28)14-7-3-5-9-17-27(23)33-29(25)31/h23-30H,3-22H2,1-2H3/t23-,24-,25-,26+,27+,28+,29-,30-/m1/s1. The van der Waals surface area contributed by atoms with Gasteiger partial charge < -0.3 is 9.47 Å². The van der Waals surface area contributed by atoms with Crippen LogP contribution >= 0.6 is 0 Å². The molecule has 0 aromatic heterocycles. The molecule has 5 aliphatic heterocycles. The van der Waals surface area contributed by atoms with Crippen molar-refractivity contribution >= 4 is 0 Å². The smallest absolute Gasteiger partial charge is 0.113 e. The van der Waals surface area contributed by atoms with E-state index in [1.54, 1.807) is 0 Å². The Morgan fingerprint density at radius 2 is 0.853 bits per heavy atom. The van der Waals surface area contributed by atoms with E-state index < -0.39 is 0 Å². The molecular weight excluding hydrogens is 420 g/mol. The van der Waals surface area contributed by atoms with E-state index in [1.165, 1.54) is 129 Å². The quantitative estimate of drug-likeness (QED) is 0.384. The molecule has 0 radical (unpaired) electrons. The number of hydrogen-bond acceptors (Lipinski definition) is 4. The van der Waals surface area contributed by atoms with Gasteiger partial charge in [-0.3, -0.25) is 9.80 Å². The van der Waals surface area contributed by atoms with Crippen LogP contribution in [0, 0.1) is 23.7 Å². The van der Waals surface area contributed by atoms with Crippen LogP contribution in [-0.4, -0.2) is 60.6 Å². The van der Waals surface area contributed by atoms with Crippen molar-refractivity contribution in [2.24, 2.45) is 23.7 Å². The Kier molecular flexibility index (Phi) is 9.29. The first-order valence-electron chi connectivity index (χ1n) is 15.5. The van der Waals surface area contributed by atoms with Crippen molar-refractivity contribution in [2.75, 3.05) is 26.2 Å². The highest BCUT2D eigenvalue weighted by atomic mass is 16.5. The maximum absolute atomic E-state index is 6.87. The van der Waals surface area contributed by atoms with Gasteiger partial charge in [0.15, 0.2) is 0 Å². The molecule has 0 unspecified atom stereocenters. The third-order valence-electron chi connectivity index (χ3n) is 10.1. The number of piperidine rings is 2. The summed E-state index contributed by atoms with van der Waals surface area (Å²) in [4.78, 5) is 5.40. The summed E-state index contributed by atoms with van der Waals surface area (Å²) in [5, 5.41) is 0. The van der Waals surface area contributed by atoms with Crippen LogP contribution in [0.25, 0.3) is 0 Å². The molecule has 5 heterocycles. The zero-order valence-electron chi connectivity index (χ0n) is 22.5. The van der Waals surface area contributed by atoms with Crippen molar-refractivity contribution in [3.63, 3.8) is 0 Å². The second kappa shape index (κ2) is 12.4. The molecular formula is C30H54N2O2. The van der Waals surface area contributed by atoms with Gasteiger partial charge in [-0.1, -0.05) is 65.2 Å². The Morgan fingerprint density at radius 3 is 1.29 bits per heavy atom. The van der Waals surface area contributed by atoms with Crippen LogP contribution in [0.5, 0.6) is 0 Å². The fraction of sp³-hybridized carbons (Fsp3) is 1.00. The molecule has 196 valence electrons. The van der Waals surface area contributed by atoms with Crippen LogP contribution in [0.4, 0.5) is 0 Å². The van der Waals surface area contributed by atoms with Crippen molar-refractivity contribution in [1.29, 1.82) is 0 Å². The Balaban J connectivity index is 1.19. The molecule has 0 saturated carbocycles. The lowest BCUT2D eigenvalue weighted by atomic mass is 9.85. The van der Waals surface area contributed by atoms with Crippen LogP contribution in [0.3, 0.4) is 0 Å². The fourth-order valence-electron chi connectivity index (χ4n) is 8.13. The molecule has 0 spiro atoms. The minimum absolute atomic E-state index is 0.420. The Bertz CT molecular complexity index is 563. The van der Waals surface area contributed by atoms with Gasteiger partial charge >= 0.3 is 0 Å². The molecule has 4 heteroatoms. The van der Waals surface area contributed by atoms with E-state index >= 15 is 0 Å². The highest BCUT2D eigenvalue weighted by molar-refractivity contribution is 4.88. The Labute approximate surface area is 210 Å². The molecule has 34 heavy (non-hydrogen) atoms. The van der Waals surface area contributed by atoms with Gasteiger partial charge in [0.2, 0.25) is 0 Å². The van der Waals surface area contributed by atoms with Crippen LogP contribution < -0.4 is 0 Å². The van der Waals surface area contributed by atoms with E-state index in [0.717, 1.165) is 11.8 Å². The summed E-state index contributed by atoms with van der Waals surface area (Å²) in [6.07, 6.45) is 23.7. The summed E-state index contributed by atoms with van der Waals surface area (Å²) >= 11 is 0. The third-order valence-corrected chi connectivity index (χ3v) is 10.1. The SMILES string of the molecule is C[C@@H]1CN2CCC[C@H]3CCCCCC[C@@H]4O[C@@H]5[C@@H](CCCCCC[C@@H]1O[C@H]32)CCCN5C[C@H]4C. The van der Waals surface area contributed by atoms with Crippen LogP contribution in [0.15, 0.2) is 0 Å². The third kappa shape index (κ3) is 6.21. The summed E-state index contributed by atoms with van der Waals surface area (Å²) < 4.78 is 13.7. The van der Waals surface area contributed by atoms with Crippen LogP contribution in [-0.2, 0) is 9.47 Å². The lowest BCUT2D eigenvalue weighted by Gasteiger charge is -2.49. The normalized spacial score (nSPS) is 44.3. The molecule has 5 aliphatic rings. The van der Waals surface area contributed by atoms with Gasteiger partial charge in [-0.05, 0) is 75.0 Å². The van der Waals surface area contributed by atoms with Crippen molar-refractivity contribution in [2.45, 2.75) is 141 Å². The molecule has 5 saturated heterocycles. The molecule has 0 aromatic rings. The molecule has 8 atom stereocenters.